The lowest BCUT2D eigenvalue weighted by Gasteiger charge is -2.21. The van der Waals surface area contributed by atoms with Gasteiger partial charge in [-0.15, -0.1) is 0 Å². The zero-order valence-electron chi connectivity index (χ0n) is 13.0. The molecule has 0 aliphatic carbocycles. The second-order valence-corrected chi connectivity index (χ2v) is 5.39. The fourth-order valence-corrected chi connectivity index (χ4v) is 2.32. The molecular formula is C17H19F2NO3. The van der Waals surface area contributed by atoms with E-state index in [9.17, 15) is 19.0 Å². The van der Waals surface area contributed by atoms with Crippen molar-refractivity contribution in [1.82, 2.24) is 4.90 Å². The third kappa shape index (κ3) is 4.40. The Balaban J connectivity index is 2.01. The van der Waals surface area contributed by atoms with Gasteiger partial charge in [0.1, 0.15) is 0 Å². The van der Waals surface area contributed by atoms with Gasteiger partial charge in [0.05, 0.1) is 13.2 Å². The van der Waals surface area contributed by atoms with Gasteiger partial charge < -0.3 is 14.9 Å². The first kappa shape index (κ1) is 17.2. The maximum atomic E-state index is 13.2. The standard InChI is InChI=1S/C17H19F2NO3/c1-20(9-11-3-6-15(21)17(7-11)23-2)10-16(22)12-4-5-13(18)14(19)8-12/h3-8,16,21-22H,9-10H2,1-2H3. The molecule has 0 saturated carbocycles. The summed E-state index contributed by atoms with van der Waals surface area (Å²) >= 11 is 0. The number of rotatable bonds is 6. The SMILES string of the molecule is COc1cc(CN(C)CC(O)c2ccc(F)c(F)c2)ccc1O. The normalized spacial score (nSPS) is 12.4. The van der Waals surface area contributed by atoms with Crippen molar-refractivity contribution in [1.29, 1.82) is 0 Å². The Labute approximate surface area is 133 Å². The van der Waals surface area contributed by atoms with E-state index in [2.05, 4.69) is 0 Å². The van der Waals surface area contributed by atoms with Gasteiger partial charge in [0.2, 0.25) is 0 Å². The quantitative estimate of drug-likeness (QED) is 0.858. The number of aliphatic hydroxyl groups is 1. The number of methoxy groups -OCH3 is 1. The topological polar surface area (TPSA) is 52.9 Å². The number of ether oxygens (including phenoxy) is 1. The zero-order valence-corrected chi connectivity index (χ0v) is 13.0. The Hall–Kier alpha value is -2.18. The predicted octanol–water partition coefficient (Wildman–Crippen LogP) is 2.84. The molecule has 0 saturated heterocycles. The van der Waals surface area contributed by atoms with Gasteiger partial charge in [0, 0.05) is 13.1 Å². The van der Waals surface area contributed by atoms with E-state index in [4.69, 9.17) is 4.74 Å². The highest BCUT2D eigenvalue weighted by atomic mass is 19.2. The minimum Gasteiger partial charge on any atom is -0.504 e. The zero-order chi connectivity index (χ0) is 17.0. The molecule has 2 aromatic carbocycles. The van der Waals surface area contributed by atoms with Crippen LogP contribution in [0, 0.1) is 11.6 Å². The molecule has 0 radical (unpaired) electrons. The average molecular weight is 323 g/mol. The number of phenolic OH excluding ortho intramolecular Hbond substituents is 1. The van der Waals surface area contributed by atoms with Crippen LogP contribution >= 0.6 is 0 Å². The molecule has 2 aromatic rings. The van der Waals surface area contributed by atoms with Crippen molar-refractivity contribution < 1.29 is 23.7 Å². The largest absolute Gasteiger partial charge is 0.504 e. The molecule has 6 heteroatoms. The maximum Gasteiger partial charge on any atom is 0.160 e. The molecule has 0 heterocycles. The summed E-state index contributed by atoms with van der Waals surface area (Å²) < 4.78 is 31.2. The van der Waals surface area contributed by atoms with Crippen LogP contribution in [0.25, 0.3) is 0 Å². The van der Waals surface area contributed by atoms with Crippen molar-refractivity contribution in [3.63, 3.8) is 0 Å². The fraction of sp³-hybridized carbons (Fsp3) is 0.294. The number of hydrogen-bond acceptors (Lipinski definition) is 4. The summed E-state index contributed by atoms with van der Waals surface area (Å²) in [6.45, 7) is 0.742. The number of aromatic hydroxyl groups is 1. The summed E-state index contributed by atoms with van der Waals surface area (Å²) in [6, 6.07) is 8.35. The minimum absolute atomic E-state index is 0.0562. The summed E-state index contributed by atoms with van der Waals surface area (Å²) in [4.78, 5) is 1.83. The Morgan fingerprint density at radius 1 is 1.13 bits per heavy atom. The van der Waals surface area contributed by atoms with Crippen LogP contribution < -0.4 is 4.74 Å². The highest BCUT2D eigenvalue weighted by Gasteiger charge is 2.14. The second kappa shape index (κ2) is 7.39. The number of halogens is 2. The summed E-state index contributed by atoms with van der Waals surface area (Å²) in [7, 11) is 3.26. The number of nitrogens with zero attached hydrogens (tertiary/aromatic N) is 1. The molecule has 0 aromatic heterocycles. The maximum absolute atomic E-state index is 13.2. The van der Waals surface area contributed by atoms with E-state index < -0.39 is 17.7 Å². The van der Waals surface area contributed by atoms with Gasteiger partial charge in [-0.1, -0.05) is 12.1 Å². The van der Waals surface area contributed by atoms with Crippen LogP contribution in [-0.2, 0) is 6.54 Å². The van der Waals surface area contributed by atoms with Crippen molar-refractivity contribution in [3.05, 3.63) is 59.2 Å². The van der Waals surface area contributed by atoms with Gasteiger partial charge in [-0.3, -0.25) is 4.90 Å². The van der Waals surface area contributed by atoms with E-state index in [1.807, 2.05) is 4.90 Å². The number of hydrogen-bond donors (Lipinski definition) is 2. The first-order valence-corrected chi connectivity index (χ1v) is 7.08. The van der Waals surface area contributed by atoms with E-state index in [0.717, 1.165) is 17.7 Å². The molecule has 1 atom stereocenters. The molecule has 0 amide bonds. The number of phenols is 1. The fourth-order valence-electron chi connectivity index (χ4n) is 2.32. The van der Waals surface area contributed by atoms with Crippen LogP contribution in [0.1, 0.15) is 17.2 Å². The average Bonchev–Trinajstić information content (AvgIpc) is 2.51. The Bertz CT molecular complexity index is 679. The lowest BCUT2D eigenvalue weighted by molar-refractivity contribution is 0.123. The van der Waals surface area contributed by atoms with Crippen LogP contribution in [0.5, 0.6) is 11.5 Å². The molecule has 23 heavy (non-hydrogen) atoms. The highest BCUT2D eigenvalue weighted by Crippen LogP contribution is 2.27. The van der Waals surface area contributed by atoms with Gasteiger partial charge in [-0.2, -0.15) is 0 Å². The van der Waals surface area contributed by atoms with E-state index >= 15 is 0 Å². The number of benzene rings is 2. The predicted molar refractivity (Wildman–Crippen MR) is 82.3 cm³/mol. The van der Waals surface area contributed by atoms with Crippen molar-refractivity contribution >= 4 is 0 Å². The van der Waals surface area contributed by atoms with Gasteiger partial charge in [0.25, 0.3) is 0 Å². The van der Waals surface area contributed by atoms with Gasteiger partial charge in [-0.05, 0) is 42.4 Å². The highest BCUT2D eigenvalue weighted by molar-refractivity contribution is 5.41. The van der Waals surface area contributed by atoms with Gasteiger partial charge >= 0.3 is 0 Å². The molecule has 0 bridgehead atoms. The molecule has 0 aliphatic rings. The first-order chi connectivity index (χ1) is 10.9. The van der Waals surface area contributed by atoms with Crippen molar-refractivity contribution in [2.75, 3.05) is 20.7 Å². The van der Waals surface area contributed by atoms with Crippen LogP contribution in [0.3, 0.4) is 0 Å². The molecule has 4 nitrogen and oxygen atoms in total. The van der Waals surface area contributed by atoms with Gasteiger partial charge in [-0.25, -0.2) is 8.78 Å². The van der Waals surface area contributed by atoms with Gasteiger partial charge in [0.15, 0.2) is 23.1 Å². The molecule has 2 N–H and O–H groups in total. The van der Waals surface area contributed by atoms with E-state index in [0.29, 0.717) is 17.9 Å². The molecule has 124 valence electrons. The second-order valence-electron chi connectivity index (χ2n) is 5.39. The van der Waals surface area contributed by atoms with E-state index in [1.165, 1.54) is 19.2 Å². The van der Waals surface area contributed by atoms with E-state index in [1.54, 1.807) is 19.2 Å². The summed E-state index contributed by atoms with van der Waals surface area (Å²) in [6.07, 6.45) is -0.936. The molecule has 0 aliphatic heterocycles. The minimum atomic E-state index is -0.979. The van der Waals surface area contributed by atoms with Crippen LogP contribution in [0.4, 0.5) is 8.78 Å². The lowest BCUT2D eigenvalue weighted by Crippen LogP contribution is -2.24. The smallest absolute Gasteiger partial charge is 0.160 e. The Morgan fingerprint density at radius 3 is 2.52 bits per heavy atom. The summed E-state index contributed by atoms with van der Waals surface area (Å²) in [5.74, 6) is -1.49. The summed E-state index contributed by atoms with van der Waals surface area (Å²) in [5, 5.41) is 19.7. The third-order valence-corrected chi connectivity index (χ3v) is 3.51. The van der Waals surface area contributed by atoms with E-state index in [-0.39, 0.29) is 12.3 Å². The van der Waals surface area contributed by atoms with Crippen molar-refractivity contribution in [2.45, 2.75) is 12.6 Å². The number of aliphatic hydroxyl groups excluding tert-OH is 1. The molecule has 2 rings (SSSR count). The van der Waals surface area contributed by atoms with Crippen molar-refractivity contribution in [3.8, 4) is 11.5 Å². The summed E-state index contributed by atoms with van der Waals surface area (Å²) in [5.41, 5.74) is 1.21. The number of likely N-dealkylation sites (N-methyl/N-ethyl adjacent to an activating group) is 1. The molecule has 0 fully saturated rings. The molecular weight excluding hydrogens is 304 g/mol. The Kier molecular flexibility index (Phi) is 5.52. The first-order valence-electron chi connectivity index (χ1n) is 7.08. The van der Waals surface area contributed by atoms with Crippen LogP contribution in [0.2, 0.25) is 0 Å². The Morgan fingerprint density at radius 2 is 1.87 bits per heavy atom. The third-order valence-electron chi connectivity index (χ3n) is 3.51. The lowest BCUT2D eigenvalue weighted by atomic mass is 10.1. The van der Waals surface area contributed by atoms with Crippen molar-refractivity contribution in [2.24, 2.45) is 0 Å². The van der Waals surface area contributed by atoms with Crippen LogP contribution in [-0.4, -0.2) is 35.8 Å². The molecule has 0 spiro atoms. The monoisotopic (exact) mass is 323 g/mol. The molecule has 1 unspecified atom stereocenters. The van der Waals surface area contributed by atoms with Crippen LogP contribution in [0.15, 0.2) is 36.4 Å².